The Kier molecular flexibility index (Phi) is 6.47. The van der Waals surface area contributed by atoms with Crippen LogP contribution in [0.25, 0.3) is 5.69 Å². The van der Waals surface area contributed by atoms with Gasteiger partial charge in [-0.3, -0.25) is 0 Å². The Morgan fingerprint density at radius 1 is 0.892 bits per heavy atom. The molecule has 0 aliphatic carbocycles. The van der Waals surface area contributed by atoms with E-state index in [-0.39, 0.29) is 0 Å². The lowest BCUT2D eigenvalue weighted by molar-refractivity contribution is 0.0732. The third-order valence-electron chi connectivity index (χ3n) is 6.76. The van der Waals surface area contributed by atoms with Gasteiger partial charge in [-0.2, -0.15) is 5.10 Å². The largest absolute Gasteiger partial charge is 0.379 e. The van der Waals surface area contributed by atoms with Gasteiger partial charge in [0.15, 0.2) is 13.2 Å². The van der Waals surface area contributed by atoms with Crippen molar-refractivity contribution in [3.05, 3.63) is 101 Å². The molecular formula is C28H28ClN6OP. The van der Waals surface area contributed by atoms with E-state index in [1.54, 1.807) is 0 Å². The topological polar surface area (TPSA) is 58.3 Å². The zero-order chi connectivity index (χ0) is 25.4. The van der Waals surface area contributed by atoms with Gasteiger partial charge in [0.25, 0.3) is 0 Å². The van der Waals surface area contributed by atoms with E-state index in [0.29, 0.717) is 18.2 Å². The highest BCUT2D eigenvalue weighted by atomic mass is 35.5. The Morgan fingerprint density at radius 2 is 1.54 bits per heavy atom. The molecule has 0 unspecified atom stereocenters. The van der Waals surface area contributed by atoms with Gasteiger partial charge >= 0.3 is 0 Å². The van der Waals surface area contributed by atoms with Gasteiger partial charge in [0.05, 0.1) is 40.6 Å². The Hall–Kier alpha value is -3.22. The molecule has 1 aromatic heterocycles. The van der Waals surface area contributed by atoms with E-state index in [0.717, 1.165) is 52.7 Å². The van der Waals surface area contributed by atoms with Crippen LogP contribution in [0.1, 0.15) is 11.3 Å². The van der Waals surface area contributed by atoms with Crippen molar-refractivity contribution in [2.45, 2.75) is 6.92 Å². The minimum Gasteiger partial charge on any atom is -0.379 e. The second kappa shape index (κ2) is 9.92. The average molecular weight is 531 g/mol. The van der Waals surface area contributed by atoms with Gasteiger partial charge in [0.1, 0.15) is 5.84 Å². The Bertz CT molecular complexity index is 1510. The molecule has 4 aromatic rings. The van der Waals surface area contributed by atoms with Crippen molar-refractivity contribution in [3.63, 3.8) is 0 Å². The van der Waals surface area contributed by atoms with Gasteiger partial charge in [-0.1, -0.05) is 72.3 Å². The molecule has 0 bridgehead atoms. The van der Waals surface area contributed by atoms with E-state index in [2.05, 4.69) is 47.6 Å². The van der Waals surface area contributed by atoms with Gasteiger partial charge in [-0.05, 0) is 31.2 Å². The van der Waals surface area contributed by atoms with Crippen LogP contribution >= 0.6 is 19.0 Å². The molecule has 7 nitrogen and oxygen atoms in total. The van der Waals surface area contributed by atoms with Crippen molar-refractivity contribution < 1.29 is 4.74 Å². The second-order valence-electron chi connectivity index (χ2n) is 9.02. The van der Waals surface area contributed by atoms with Gasteiger partial charge in [0.2, 0.25) is 0 Å². The van der Waals surface area contributed by atoms with Crippen molar-refractivity contribution in [3.8, 4) is 5.69 Å². The highest BCUT2D eigenvalue weighted by Crippen LogP contribution is 2.62. The molecule has 3 heterocycles. The molecule has 0 amide bonds. The van der Waals surface area contributed by atoms with E-state index in [9.17, 15) is 0 Å². The summed E-state index contributed by atoms with van der Waals surface area (Å²) in [5, 5.41) is 6.72. The summed E-state index contributed by atoms with van der Waals surface area (Å²) in [7, 11) is -0.532. The number of para-hydroxylation sites is 1. The fourth-order valence-electron chi connectivity index (χ4n) is 5.03. The second-order valence-corrected chi connectivity index (χ2v) is 12.4. The van der Waals surface area contributed by atoms with Crippen molar-refractivity contribution in [1.29, 1.82) is 0 Å². The van der Waals surface area contributed by atoms with Gasteiger partial charge < -0.3 is 9.41 Å². The number of aliphatic imine (C=N–C) groups is 1. The predicted octanol–water partition coefficient (Wildman–Crippen LogP) is 6.18. The summed E-state index contributed by atoms with van der Waals surface area (Å²) < 4.78 is 18.1. The maximum absolute atomic E-state index is 6.72. The first-order valence-electron chi connectivity index (χ1n) is 12.3. The van der Waals surface area contributed by atoms with Crippen LogP contribution in [0.3, 0.4) is 0 Å². The number of hydrogen-bond acceptors (Lipinski definition) is 4. The number of rotatable bonds is 4. The number of halogens is 1. The minimum atomic E-state index is -2.64. The van der Waals surface area contributed by atoms with Crippen LogP contribution in [0.5, 0.6) is 0 Å². The molecule has 188 valence electrons. The summed E-state index contributed by atoms with van der Waals surface area (Å²) >= 11 is 6.72. The third kappa shape index (κ3) is 4.12. The SMILES string of the molecule is Cc1nn(-c2ccccc2)c2c1[P@@](=Nc1ccccc1Cl)(N1CCOCC1)N(C)C(c1ccccc1)=N2. The number of ether oxygens (including phenoxy) is 1. The number of aryl methyl sites for hydroxylation is 1. The normalized spacial score (nSPS) is 19.9. The standard InChI is InChI=1S/C28H28ClN6OP/c1-21-26-28(35(31-21)23-13-7-4-8-14-23)30-27(22-11-5-3-6-12-22)33(2)37(26,34-17-19-36-20-18-34)32-25-16-10-9-15-24(25)29/h3-16H,17-20H2,1-2H3/t37-/m0/s1. The number of aromatic nitrogens is 2. The van der Waals surface area contributed by atoms with Crippen LogP contribution in [0, 0.1) is 6.92 Å². The summed E-state index contributed by atoms with van der Waals surface area (Å²) in [6.07, 6.45) is 0. The highest BCUT2D eigenvalue weighted by molar-refractivity contribution is 7.70. The van der Waals surface area contributed by atoms with Crippen molar-refractivity contribution in [1.82, 2.24) is 19.1 Å². The van der Waals surface area contributed by atoms with Crippen LogP contribution < -0.4 is 5.30 Å². The molecular weight excluding hydrogens is 503 g/mol. The van der Waals surface area contributed by atoms with Crippen LogP contribution in [-0.4, -0.2) is 58.3 Å². The average Bonchev–Trinajstić information content (AvgIpc) is 3.29. The molecule has 0 spiro atoms. The van der Waals surface area contributed by atoms with Crippen LogP contribution in [0.2, 0.25) is 5.02 Å². The van der Waals surface area contributed by atoms with Gasteiger partial charge in [-0.15, -0.1) is 0 Å². The fourth-order valence-corrected chi connectivity index (χ4v) is 9.10. The van der Waals surface area contributed by atoms with Crippen LogP contribution in [-0.2, 0) is 4.74 Å². The lowest BCUT2D eigenvalue weighted by Crippen LogP contribution is -2.45. The number of fused-ring (bicyclic) bond motifs is 1. The van der Waals surface area contributed by atoms with E-state index in [1.165, 1.54) is 0 Å². The number of amidine groups is 1. The Labute approximate surface area is 222 Å². The predicted molar refractivity (Wildman–Crippen MR) is 151 cm³/mol. The monoisotopic (exact) mass is 530 g/mol. The molecule has 1 atom stereocenters. The number of morpholine rings is 1. The summed E-state index contributed by atoms with van der Waals surface area (Å²) in [4.78, 5) is 5.27. The van der Waals surface area contributed by atoms with Crippen LogP contribution in [0.15, 0.2) is 94.7 Å². The maximum atomic E-state index is 6.72. The third-order valence-corrected chi connectivity index (χ3v) is 10.9. The molecule has 0 saturated carbocycles. The highest BCUT2D eigenvalue weighted by Gasteiger charge is 2.45. The summed E-state index contributed by atoms with van der Waals surface area (Å²) in [6, 6.07) is 28.3. The van der Waals surface area contributed by atoms with Crippen molar-refractivity contribution >= 4 is 41.6 Å². The quantitative estimate of drug-likeness (QED) is 0.296. The molecule has 1 saturated heterocycles. The van der Waals surface area contributed by atoms with Crippen LogP contribution in [0.4, 0.5) is 11.5 Å². The maximum Gasteiger partial charge on any atom is 0.170 e. The van der Waals surface area contributed by atoms with E-state index < -0.39 is 7.36 Å². The van der Waals surface area contributed by atoms with E-state index in [4.69, 9.17) is 31.2 Å². The Balaban J connectivity index is 1.72. The summed E-state index contributed by atoms with van der Waals surface area (Å²) in [5.41, 5.74) is 3.67. The number of hydrogen-bond donors (Lipinski definition) is 0. The van der Waals surface area contributed by atoms with Crippen molar-refractivity contribution in [2.24, 2.45) is 9.74 Å². The first-order chi connectivity index (χ1) is 18.1. The molecule has 2 aliphatic rings. The molecule has 2 aliphatic heterocycles. The molecule has 1 fully saturated rings. The van der Waals surface area contributed by atoms with E-state index in [1.807, 2.05) is 65.3 Å². The van der Waals surface area contributed by atoms with Crippen molar-refractivity contribution in [2.75, 3.05) is 33.4 Å². The smallest absolute Gasteiger partial charge is 0.170 e. The van der Waals surface area contributed by atoms with E-state index >= 15 is 0 Å². The molecule has 6 rings (SSSR count). The first-order valence-corrected chi connectivity index (χ1v) is 14.4. The fraction of sp³-hybridized carbons (Fsp3) is 0.214. The lowest BCUT2D eigenvalue weighted by Gasteiger charge is -2.46. The summed E-state index contributed by atoms with van der Waals surface area (Å²) in [6.45, 7) is 4.86. The zero-order valence-corrected chi connectivity index (χ0v) is 22.5. The molecule has 0 N–H and O–H groups in total. The molecule has 3 aromatic carbocycles. The first kappa shape index (κ1) is 24.1. The minimum absolute atomic E-state index is 0.627. The number of nitrogens with zero attached hydrogens (tertiary/aromatic N) is 6. The summed E-state index contributed by atoms with van der Waals surface area (Å²) in [5.74, 6) is 1.68. The molecule has 0 radical (unpaired) electrons. The van der Waals surface area contributed by atoms with Gasteiger partial charge in [-0.25, -0.2) is 19.1 Å². The molecule has 9 heteroatoms. The number of benzene rings is 3. The zero-order valence-electron chi connectivity index (χ0n) is 20.8. The lowest BCUT2D eigenvalue weighted by atomic mass is 10.2. The van der Waals surface area contributed by atoms with Gasteiger partial charge in [0, 0.05) is 25.7 Å². The molecule has 37 heavy (non-hydrogen) atoms. The Morgan fingerprint density at radius 3 is 2.24 bits per heavy atom.